The molecule has 1 amide bonds. The zero-order valence-electron chi connectivity index (χ0n) is 21.7. The quantitative estimate of drug-likeness (QED) is 0.415. The summed E-state index contributed by atoms with van der Waals surface area (Å²) in [5.41, 5.74) is 1.55. The van der Waals surface area contributed by atoms with Gasteiger partial charge in [-0.2, -0.15) is 13.2 Å². The zero-order chi connectivity index (χ0) is 26.7. The van der Waals surface area contributed by atoms with Crippen LogP contribution in [0.2, 0.25) is 0 Å². The molecule has 2 aliphatic rings. The number of anilines is 1. The summed E-state index contributed by atoms with van der Waals surface area (Å²) in [6.07, 6.45) is 2.39. The monoisotopic (exact) mass is 525 g/mol. The minimum absolute atomic E-state index is 0.00149. The first-order valence-electron chi connectivity index (χ1n) is 13.5. The van der Waals surface area contributed by atoms with E-state index in [1.807, 2.05) is 22.1 Å². The molecule has 9 heteroatoms. The minimum Gasteiger partial charge on any atom is -0.353 e. The van der Waals surface area contributed by atoms with Crippen LogP contribution in [-0.2, 0) is 17.5 Å². The Morgan fingerprint density at radius 3 is 2.61 bits per heavy atom. The second-order valence-corrected chi connectivity index (χ2v) is 10.4. The third-order valence-electron chi connectivity index (χ3n) is 7.82. The van der Waals surface area contributed by atoms with Gasteiger partial charge in [0.25, 0.3) is 0 Å². The van der Waals surface area contributed by atoms with Gasteiger partial charge in [-0.05, 0) is 68.1 Å². The predicted octanol–water partition coefficient (Wildman–Crippen LogP) is 5.38. The van der Waals surface area contributed by atoms with E-state index < -0.39 is 11.7 Å². The molecular formula is C29H34F3N5O. The van der Waals surface area contributed by atoms with Crippen LogP contribution in [0.25, 0.3) is 10.9 Å². The number of nitrogens with zero attached hydrogens (tertiary/aromatic N) is 5. The van der Waals surface area contributed by atoms with Crippen LogP contribution in [-0.4, -0.2) is 64.4 Å². The van der Waals surface area contributed by atoms with Crippen LogP contribution in [0.1, 0.15) is 43.7 Å². The van der Waals surface area contributed by atoms with E-state index in [-0.39, 0.29) is 11.8 Å². The number of hydrogen-bond acceptors (Lipinski definition) is 5. The van der Waals surface area contributed by atoms with Gasteiger partial charge in [-0.3, -0.25) is 14.7 Å². The van der Waals surface area contributed by atoms with Gasteiger partial charge >= 0.3 is 6.18 Å². The number of pyridine rings is 2. The van der Waals surface area contributed by atoms with Gasteiger partial charge in [-0.25, -0.2) is 4.98 Å². The summed E-state index contributed by atoms with van der Waals surface area (Å²) < 4.78 is 39.3. The van der Waals surface area contributed by atoms with Crippen LogP contribution in [0.15, 0.2) is 54.9 Å². The Morgan fingerprint density at radius 2 is 1.84 bits per heavy atom. The van der Waals surface area contributed by atoms with E-state index in [9.17, 15) is 18.0 Å². The van der Waals surface area contributed by atoms with E-state index in [0.29, 0.717) is 38.0 Å². The van der Waals surface area contributed by atoms with Gasteiger partial charge < -0.3 is 9.80 Å². The van der Waals surface area contributed by atoms with Gasteiger partial charge in [0.05, 0.1) is 11.1 Å². The SMILES string of the molecule is CCCN(Cc1ccc2ncccc2c1)C1CCC(C(=O)N2CCN(c3cc(C(F)(F)F)ccn3)CC2)C1. The van der Waals surface area contributed by atoms with E-state index >= 15 is 0 Å². The first-order chi connectivity index (χ1) is 18.3. The van der Waals surface area contributed by atoms with E-state index in [1.54, 1.807) is 0 Å². The lowest BCUT2D eigenvalue weighted by molar-refractivity contribution is -0.137. The average Bonchev–Trinajstić information content (AvgIpc) is 3.42. The average molecular weight is 526 g/mol. The molecule has 202 valence electrons. The van der Waals surface area contributed by atoms with Crippen molar-refractivity contribution in [3.05, 3.63) is 66.0 Å². The second-order valence-electron chi connectivity index (χ2n) is 10.4. The highest BCUT2D eigenvalue weighted by molar-refractivity contribution is 5.80. The molecule has 0 N–H and O–H groups in total. The van der Waals surface area contributed by atoms with Crippen LogP contribution in [0.5, 0.6) is 0 Å². The van der Waals surface area contributed by atoms with Gasteiger partial charge in [0.15, 0.2) is 0 Å². The fraction of sp³-hybridized carbons (Fsp3) is 0.483. The first kappa shape index (κ1) is 26.4. The van der Waals surface area contributed by atoms with Crippen molar-refractivity contribution in [2.24, 2.45) is 5.92 Å². The smallest absolute Gasteiger partial charge is 0.353 e. The Balaban J connectivity index is 1.17. The summed E-state index contributed by atoms with van der Waals surface area (Å²) in [6, 6.07) is 12.9. The predicted molar refractivity (Wildman–Crippen MR) is 142 cm³/mol. The molecule has 38 heavy (non-hydrogen) atoms. The third kappa shape index (κ3) is 5.93. The van der Waals surface area contributed by atoms with Gasteiger partial charge in [-0.1, -0.05) is 19.1 Å². The third-order valence-corrected chi connectivity index (χ3v) is 7.82. The molecule has 1 saturated heterocycles. The van der Waals surface area contributed by atoms with Crippen LogP contribution in [0.4, 0.5) is 19.0 Å². The maximum Gasteiger partial charge on any atom is 0.416 e. The second kappa shape index (κ2) is 11.3. The number of halogens is 3. The van der Waals surface area contributed by atoms with Crippen LogP contribution < -0.4 is 4.90 Å². The number of alkyl halides is 3. The van der Waals surface area contributed by atoms with E-state index in [4.69, 9.17) is 0 Å². The molecule has 3 aromatic rings. The Kier molecular flexibility index (Phi) is 7.83. The Morgan fingerprint density at radius 1 is 1.03 bits per heavy atom. The molecule has 0 spiro atoms. The standard InChI is InChI=1S/C29H34F3N5O/c1-2-12-37(20-21-5-8-26-22(17-21)4-3-10-33-26)25-7-6-23(18-25)28(38)36-15-13-35(14-16-36)27-19-24(9-11-34-27)29(30,31)32/h3-5,8-11,17,19,23,25H,2,6-7,12-16,18,20H2,1H3. The zero-order valence-corrected chi connectivity index (χ0v) is 21.7. The fourth-order valence-electron chi connectivity index (χ4n) is 5.83. The molecular weight excluding hydrogens is 491 g/mol. The minimum atomic E-state index is -4.40. The van der Waals surface area contributed by atoms with Crippen molar-refractivity contribution in [1.82, 2.24) is 19.8 Å². The summed E-state index contributed by atoms with van der Waals surface area (Å²) in [5.74, 6) is 0.489. The Labute approximate surface area is 221 Å². The van der Waals surface area contributed by atoms with Crippen molar-refractivity contribution in [2.45, 2.75) is 51.4 Å². The summed E-state index contributed by atoms with van der Waals surface area (Å²) in [6.45, 7) is 5.99. The molecule has 2 atom stereocenters. The maximum absolute atomic E-state index is 13.4. The van der Waals surface area contributed by atoms with Gasteiger partial charge in [0.2, 0.25) is 5.91 Å². The van der Waals surface area contributed by atoms with Crippen LogP contribution in [0.3, 0.4) is 0 Å². The number of amides is 1. The Hall–Kier alpha value is -3.20. The molecule has 3 heterocycles. The molecule has 5 rings (SSSR count). The molecule has 1 saturated carbocycles. The summed E-state index contributed by atoms with van der Waals surface area (Å²) in [5, 5.41) is 1.14. The largest absolute Gasteiger partial charge is 0.416 e. The molecule has 6 nitrogen and oxygen atoms in total. The van der Waals surface area contributed by atoms with Gasteiger partial charge in [0.1, 0.15) is 5.82 Å². The molecule has 2 aromatic heterocycles. The van der Waals surface area contributed by atoms with Crippen molar-refractivity contribution in [1.29, 1.82) is 0 Å². The molecule has 0 radical (unpaired) electrons. The normalized spacial score (nSPS) is 20.4. The highest BCUT2D eigenvalue weighted by atomic mass is 19.4. The lowest BCUT2D eigenvalue weighted by atomic mass is 10.0. The lowest BCUT2D eigenvalue weighted by Crippen LogP contribution is -2.50. The molecule has 1 aliphatic carbocycles. The summed E-state index contributed by atoms with van der Waals surface area (Å²) in [7, 11) is 0. The van der Waals surface area contributed by atoms with Gasteiger partial charge in [0, 0.05) is 62.5 Å². The Bertz CT molecular complexity index is 1260. The van der Waals surface area contributed by atoms with Crippen molar-refractivity contribution in [3.8, 4) is 0 Å². The highest BCUT2D eigenvalue weighted by Gasteiger charge is 2.36. The number of rotatable bonds is 7. The summed E-state index contributed by atoms with van der Waals surface area (Å²) in [4.78, 5) is 28.2. The lowest BCUT2D eigenvalue weighted by Gasteiger charge is -2.37. The number of benzene rings is 1. The van der Waals surface area contributed by atoms with Crippen molar-refractivity contribution in [2.75, 3.05) is 37.6 Å². The molecule has 0 bridgehead atoms. The number of carbonyl (C=O) groups excluding carboxylic acids is 1. The number of hydrogen-bond donors (Lipinski definition) is 0. The van der Waals surface area contributed by atoms with Crippen molar-refractivity contribution in [3.63, 3.8) is 0 Å². The number of carbonyl (C=O) groups is 1. The number of aromatic nitrogens is 2. The van der Waals surface area contributed by atoms with Crippen LogP contribution >= 0.6 is 0 Å². The highest BCUT2D eigenvalue weighted by Crippen LogP contribution is 2.33. The molecule has 1 aliphatic heterocycles. The van der Waals surface area contributed by atoms with Crippen molar-refractivity contribution < 1.29 is 18.0 Å². The molecule has 1 aromatic carbocycles. The summed E-state index contributed by atoms with van der Waals surface area (Å²) >= 11 is 0. The van der Waals surface area contributed by atoms with Crippen LogP contribution in [0, 0.1) is 5.92 Å². The molecule has 2 unspecified atom stereocenters. The van der Waals surface area contributed by atoms with E-state index in [2.05, 4.69) is 46.1 Å². The fourth-order valence-corrected chi connectivity index (χ4v) is 5.83. The topological polar surface area (TPSA) is 52.6 Å². The number of fused-ring (bicyclic) bond motifs is 1. The maximum atomic E-state index is 13.4. The molecule has 2 fully saturated rings. The van der Waals surface area contributed by atoms with Gasteiger partial charge in [-0.15, -0.1) is 0 Å². The van der Waals surface area contributed by atoms with E-state index in [1.165, 1.54) is 11.8 Å². The van der Waals surface area contributed by atoms with E-state index in [0.717, 1.165) is 61.8 Å². The van der Waals surface area contributed by atoms with Crippen molar-refractivity contribution >= 4 is 22.6 Å². The number of piperazine rings is 1. The first-order valence-corrected chi connectivity index (χ1v) is 13.5.